The van der Waals surface area contributed by atoms with E-state index in [2.05, 4.69) is 32.5 Å². The highest BCUT2D eigenvalue weighted by Crippen LogP contribution is 2.55. The molecule has 8 aromatic heterocycles. The van der Waals surface area contributed by atoms with Crippen molar-refractivity contribution >= 4 is 44.5 Å². The molecule has 50 heavy (non-hydrogen) atoms. The Morgan fingerprint density at radius 3 is 2.28 bits per heavy atom. The standard InChI is InChI=1S/C37H21N9O2S2/c1-2-6-21-20(5-1)9-10-25(42-21)35-31-27(22-7-3-12-38-22)33(37-41-15-18-49-37)28(26-19-48-46-44-26)32(36-40-14-16-47-36)30(31)29(23-11-17-50-45-23)34(43-35)24-8-4-13-39-24/h1-19,38-39H. The molecule has 13 heteroatoms. The Morgan fingerprint density at radius 1 is 0.640 bits per heavy atom. The van der Waals surface area contributed by atoms with Gasteiger partial charge in [-0.2, -0.15) is 4.37 Å². The van der Waals surface area contributed by atoms with E-state index in [1.165, 1.54) is 29.1 Å². The summed E-state index contributed by atoms with van der Waals surface area (Å²) in [7, 11) is 0. The molecular formula is C37H21N9O2S2. The Morgan fingerprint density at radius 2 is 1.54 bits per heavy atom. The van der Waals surface area contributed by atoms with Gasteiger partial charge in [-0.1, -0.05) is 24.3 Å². The third-order valence-electron chi connectivity index (χ3n) is 8.61. The molecule has 0 aliphatic carbocycles. The predicted molar refractivity (Wildman–Crippen MR) is 193 cm³/mol. The van der Waals surface area contributed by atoms with Gasteiger partial charge in [0, 0.05) is 78.7 Å². The molecule has 0 atom stereocenters. The number of nitrogens with one attached hydrogen (secondary N) is 2. The van der Waals surface area contributed by atoms with Crippen LogP contribution in [0.5, 0.6) is 0 Å². The van der Waals surface area contributed by atoms with Gasteiger partial charge in [-0.15, -0.1) is 16.4 Å². The number of H-pyrrole nitrogens is 2. The van der Waals surface area contributed by atoms with Gasteiger partial charge in [0.25, 0.3) is 0 Å². The maximum absolute atomic E-state index is 6.20. The van der Waals surface area contributed by atoms with E-state index >= 15 is 0 Å². The lowest BCUT2D eigenvalue weighted by Crippen LogP contribution is -2.04. The number of rotatable bonds is 7. The molecule has 0 bridgehead atoms. The maximum Gasteiger partial charge on any atom is 0.227 e. The topological polar surface area (TPSA) is 148 Å². The van der Waals surface area contributed by atoms with Gasteiger partial charge in [0.05, 0.1) is 45.7 Å². The molecule has 10 aromatic rings. The quantitative estimate of drug-likeness (QED) is 0.167. The fraction of sp³-hybridized carbons (Fsp3) is 0. The predicted octanol–water partition coefficient (Wildman–Crippen LogP) is 9.39. The summed E-state index contributed by atoms with van der Waals surface area (Å²) in [5.74, 6) is 0.376. The van der Waals surface area contributed by atoms with Crippen LogP contribution < -0.4 is 0 Å². The Bertz CT molecular complexity index is 2740. The second-order valence-corrected chi connectivity index (χ2v) is 12.9. The zero-order chi connectivity index (χ0) is 33.0. The van der Waals surface area contributed by atoms with Gasteiger partial charge < -0.3 is 18.9 Å². The average Bonchev–Trinajstić information content (AvgIpc) is 4.02. The summed E-state index contributed by atoms with van der Waals surface area (Å²) in [5.41, 5.74) is 9.57. The summed E-state index contributed by atoms with van der Waals surface area (Å²) in [5, 5.41) is 15.7. The fourth-order valence-corrected chi connectivity index (χ4v) is 7.84. The van der Waals surface area contributed by atoms with E-state index in [0.29, 0.717) is 39.8 Å². The van der Waals surface area contributed by atoms with Crippen LogP contribution in [0.1, 0.15) is 0 Å². The van der Waals surface area contributed by atoms with Gasteiger partial charge in [0.15, 0.2) is 6.26 Å². The summed E-state index contributed by atoms with van der Waals surface area (Å²) in [4.78, 5) is 27.2. The number of benzene rings is 2. The number of fused-ring (bicyclic) bond motifs is 2. The van der Waals surface area contributed by atoms with Crippen molar-refractivity contribution < 1.29 is 8.94 Å². The Hall–Kier alpha value is -6.57. The normalized spacial score (nSPS) is 11.6. The van der Waals surface area contributed by atoms with Crippen molar-refractivity contribution in [3.63, 3.8) is 0 Å². The number of oxazole rings is 1. The molecule has 2 N–H and O–H groups in total. The van der Waals surface area contributed by atoms with Crippen LogP contribution >= 0.6 is 22.9 Å². The maximum atomic E-state index is 6.20. The summed E-state index contributed by atoms with van der Waals surface area (Å²) in [6.45, 7) is 0. The van der Waals surface area contributed by atoms with E-state index in [0.717, 1.165) is 60.5 Å². The van der Waals surface area contributed by atoms with Gasteiger partial charge in [-0.25, -0.2) is 19.9 Å². The Kier molecular flexibility index (Phi) is 6.57. The molecule has 0 spiro atoms. The van der Waals surface area contributed by atoms with Crippen molar-refractivity contribution in [1.82, 2.24) is 44.6 Å². The number of para-hydroxylation sites is 1. The first-order chi connectivity index (χ1) is 24.8. The lowest BCUT2D eigenvalue weighted by molar-refractivity contribution is 0.393. The molecule has 10 rings (SSSR count). The molecule has 0 amide bonds. The fourth-order valence-electron chi connectivity index (χ4n) is 6.63. The number of hydrogen-bond acceptors (Lipinski definition) is 11. The van der Waals surface area contributed by atoms with Gasteiger partial charge in [0.2, 0.25) is 5.89 Å². The van der Waals surface area contributed by atoms with E-state index in [-0.39, 0.29) is 0 Å². The summed E-state index contributed by atoms with van der Waals surface area (Å²) < 4.78 is 16.5. The smallest absolute Gasteiger partial charge is 0.227 e. The molecule has 0 radical (unpaired) electrons. The van der Waals surface area contributed by atoms with Crippen LogP contribution in [-0.4, -0.2) is 44.6 Å². The second-order valence-electron chi connectivity index (χ2n) is 11.3. The minimum atomic E-state index is 0.376. The van der Waals surface area contributed by atoms with Gasteiger partial charge in [-0.3, -0.25) is 0 Å². The number of hydrogen-bond donors (Lipinski definition) is 2. The molecule has 238 valence electrons. The van der Waals surface area contributed by atoms with Crippen molar-refractivity contribution in [3.05, 3.63) is 115 Å². The minimum Gasteiger partial charge on any atom is -0.444 e. The second kappa shape index (κ2) is 11.5. The van der Waals surface area contributed by atoms with Crippen LogP contribution in [-0.2, 0) is 0 Å². The molecule has 0 aliphatic heterocycles. The van der Waals surface area contributed by atoms with E-state index < -0.39 is 0 Å². The average molecular weight is 688 g/mol. The van der Waals surface area contributed by atoms with Crippen LogP contribution in [0.15, 0.2) is 124 Å². The molecule has 2 aromatic carbocycles. The van der Waals surface area contributed by atoms with Crippen LogP contribution in [0.2, 0.25) is 0 Å². The number of pyridine rings is 2. The van der Waals surface area contributed by atoms with E-state index in [4.69, 9.17) is 33.2 Å². The largest absolute Gasteiger partial charge is 0.444 e. The van der Waals surface area contributed by atoms with Crippen LogP contribution in [0.4, 0.5) is 0 Å². The number of aromatic amines is 2. The first-order valence-electron chi connectivity index (χ1n) is 15.5. The highest BCUT2D eigenvalue weighted by atomic mass is 32.1. The van der Waals surface area contributed by atoms with Crippen LogP contribution in [0.25, 0.3) is 100 Å². The minimum absolute atomic E-state index is 0.376. The van der Waals surface area contributed by atoms with E-state index in [9.17, 15) is 0 Å². The lowest BCUT2D eigenvalue weighted by atomic mass is 9.82. The molecule has 0 aliphatic rings. The molecular weight excluding hydrogens is 667 g/mol. The van der Waals surface area contributed by atoms with Crippen molar-refractivity contribution in [2.75, 3.05) is 0 Å². The van der Waals surface area contributed by atoms with Gasteiger partial charge >= 0.3 is 0 Å². The van der Waals surface area contributed by atoms with Crippen molar-refractivity contribution in [3.8, 4) is 78.6 Å². The molecule has 0 unspecified atom stereocenters. The van der Waals surface area contributed by atoms with Crippen LogP contribution in [0, 0.1) is 0 Å². The number of aromatic nitrogens is 9. The first-order valence-corrected chi connectivity index (χ1v) is 17.2. The van der Waals surface area contributed by atoms with Crippen molar-refractivity contribution in [2.45, 2.75) is 0 Å². The highest BCUT2D eigenvalue weighted by Gasteiger charge is 2.34. The van der Waals surface area contributed by atoms with E-state index in [1.54, 1.807) is 18.7 Å². The molecule has 0 saturated heterocycles. The third-order valence-corrected chi connectivity index (χ3v) is 9.96. The number of thiazole rings is 1. The van der Waals surface area contributed by atoms with Crippen LogP contribution in [0.3, 0.4) is 0 Å². The molecule has 8 heterocycles. The zero-order valence-corrected chi connectivity index (χ0v) is 27.4. The third kappa shape index (κ3) is 4.45. The molecule has 11 nitrogen and oxygen atoms in total. The zero-order valence-electron chi connectivity index (χ0n) is 25.7. The summed E-state index contributed by atoms with van der Waals surface area (Å²) in [6, 6.07) is 22.1. The molecule has 0 saturated carbocycles. The Labute approximate surface area is 290 Å². The summed E-state index contributed by atoms with van der Waals surface area (Å²) >= 11 is 2.88. The first kappa shape index (κ1) is 28.4. The summed E-state index contributed by atoms with van der Waals surface area (Å²) in [6.07, 6.45) is 10.3. The van der Waals surface area contributed by atoms with Gasteiger partial charge in [0.1, 0.15) is 17.0 Å². The van der Waals surface area contributed by atoms with Crippen molar-refractivity contribution in [2.24, 2.45) is 0 Å². The van der Waals surface area contributed by atoms with Gasteiger partial charge in [-0.05, 0) is 54.0 Å². The highest BCUT2D eigenvalue weighted by molar-refractivity contribution is 7.13. The Balaban J connectivity index is 1.54. The monoisotopic (exact) mass is 687 g/mol. The van der Waals surface area contributed by atoms with Crippen molar-refractivity contribution in [1.29, 1.82) is 0 Å². The molecule has 0 fully saturated rings. The van der Waals surface area contributed by atoms with E-state index in [1.807, 2.05) is 77.8 Å². The lowest BCUT2D eigenvalue weighted by Gasteiger charge is -2.23. The number of nitrogens with zero attached hydrogens (tertiary/aromatic N) is 7. The SMILES string of the molecule is c1c[nH]c(-c2nc(-c3ccc4ccccc4n3)c3c(-c4ccc[nH]4)c(-c4nccs4)c(-c4conn4)c(-c4ncco4)c3c2-c2ccsn2)c1.